The van der Waals surface area contributed by atoms with E-state index in [-0.39, 0.29) is 17.8 Å². The van der Waals surface area contributed by atoms with Crippen molar-refractivity contribution < 1.29 is 18.7 Å². The number of rotatable bonds is 12. The van der Waals surface area contributed by atoms with Gasteiger partial charge in [-0.1, -0.05) is 30.3 Å². The van der Waals surface area contributed by atoms with E-state index in [9.17, 15) is 19.2 Å². The average Bonchev–Trinajstić information content (AvgIpc) is 3.44. The molecule has 1 fully saturated rings. The van der Waals surface area contributed by atoms with Crippen LogP contribution in [0.1, 0.15) is 61.5 Å². The number of pyridine rings is 1. The maximum absolute atomic E-state index is 13.7. The maximum Gasteiger partial charge on any atom is 0.407 e. The summed E-state index contributed by atoms with van der Waals surface area (Å²) < 4.78 is 19.0. The van der Waals surface area contributed by atoms with Crippen molar-refractivity contribution in [1.82, 2.24) is 20.5 Å². The number of alkyl carbamates (subject to hydrolysis) is 1. The van der Waals surface area contributed by atoms with Gasteiger partial charge in [0.1, 0.15) is 17.2 Å². The molecule has 1 aliphatic rings. The minimum absolute atomic E-state index is 0.194. The first-order valence-corrected chi connectivity index (χ1v) is 15.1. The van der Waals surface area contributed by atoms with Crippen LogP contribution in [0.3, 0.4) is 0 Å². The number of aromatic nitrogens is 1. The second-order valence-corrected chi connectivity index (χ2v) is 11.9. The van der Waals surface area contributed by atoms with E-state index in [4.69, 9.17) is 9.72 Å². The van der Waals surface area contributed by atoms with Gasteiger partial charge < -0.3 is 20.7 Å². The Morgan fingerprint density at radius 2 is 1.91 bits per heavy atom. The van der Waals surface area contributed by atoms with Gasteiger partial charge in [-0.3, -0.25) is 9.69 Å². The fourth-order valence-corrected chi connectivity index (χ4v) is 5.26. The van der Waals surface area contributed by atoms with Crippen LogP contribution < -0.4 is 16.0 Å². The zero-order chi connectivity index (χ0) is 31.5. The molecule has 4 rings (SSSR count). The number of carbonyl (C=O) groups excluding carboxylic acids is 2. The summed E-state index contributed by atoms with van der Waals surface area (Å²) in [7, 11) is 0. The summed E-state index contributed by atoms with van der Waals surface area (Å²) in [6.45, 7) is 8.68. The number of nitriles is 1. The van der Waals surface area contributed by atoms with E-state index in [1.165, 1.54) is 12.1 Å². The van der Waals surface area contributed by atoms with Gasteiger partial charge in [-0.05, 0) is 88.9 Å². The van der Waals surface area contributed by atoms with Gasteiger partial charge in [-0.2, -0.15) is 5.26 Å². The Labute approximate surface area is 258 Å². The molecule has 1 aliphatic heterocycles. The smallest absolute Gasteiger partial charge is 0.407 e. The molecular weight excluding hydrogens is 559 g/mol. The van der Waals surface area contributed by atoms with Crippen LogP contribution in [0.25, 0.3) is 11.3 Å². The lowest BCUT2D eigenvalue weighted by Crippen LogP contribution is -2.41. The first kappa shape index (κ1) is 32.4. The van der Waals surface area contributed by atoms with E-state index < -0.39 is 11.7 Å². The zero-order valence-electron chi connectivity index (χ0n) is 25.7. The highest BCUT2D eigenvalue weighted by molar-refractivity contribution is 5.99. The number of nitrogens with one attached hydrogen (secondary N) is 3. The van der Waals surface area contributed by atoms with Crippen molar-refractivity contribution in [3.8, 4) is 17.3 Å². The molecule has 0 aliphatic carbocycles. The van der Waals surface area contributed by atoms with Crippen LogP contribution in [-0.4, -0.2) is 66.3 Å². The lowest BCUT2D eigenvalue weighted by atomic mass is 10.0. The van der Waals surface area contributed by atoms with E-state index in [1.807, 2.05) is 39.0 Å². The van der Waals surface area contributed by atoms with E-state index >= 15 is 0 Å². The monoisotopic (exact) mass is 600 g/mol. The van der Waals surface area contributed by atoms with E-state index in [0.717, 1.165) is 37.9 Å². The maximum atomic E-state index is 13.7. The minimum Gasteiger partial charge on any atom is -0.444 e. The van der Waals surface area contributed by atoms with Crippen LogP contribution >= 0.6 is 0 Å². The number of amides is 2. The first-order chi connectivity index (χ1) is 21.1. The summed E-state index contributed by atoms with van der Waals surface area (Å²) >= 11 is 0. The van der Waals surface area contributed by atoms with Crippen molar-refractivity contribution in [2.24, 2.45) is 0 Å². The Kier molecular flexibility index (Phi) is 11.3. The third-order valence-corrected chi connectivity index (χ3v) is 7.35. The van der Waals surface area contributed by atoms with Gasteiger partial charge in [0, 0.05) is 37.8 Å². The second-order valence-electron chi connectivity index (χ2n) is 11.9. The molecule has 3 N–H and O–H groups in total. The number of hydrogen-bond acceptors (Lipinski definition) is 7. The SMILES string of the molecule is CC(C)(C)OC(=O)NCCCN1CCC[C@@H]1CNC(=O)c1ccc(-c2ccccc2C#N)nc1NCCc1cccc(F)c1. The molecule has 2 heterocycles. The Morgan fingerprint density at radius 3 is 2.68 bits per heavy atom. The third-order valence-electron chi connectivity index (χ3n) is 7.35. The molecule has 2 aromatic carbocycles. The van der Waals surface area contributed by atoms with Crippen LogP contribution in [0.5, 0.6) is 0 Å². The highest BCUT2D eigenvalue weighted by atomic mass is 19.1. The van der Waals surface area contributed by atoms with Crippen molar-refractivity contribution >= 4 is 17.8 Å². The predicted molar refractivity (Wildman–Crippen MR) is 169 cm³/mol. The number of carbonyl (C=O) groups is 2. The summed E-state index contributed by atoms with van der Waals surface area (Å²) in [6.07, 6.45) is 2.92. The summed E-state index contributed by atoms with van der Waals surface area (Å²) in [5.41, 5.74) is 2.44. The Balaban J connectivity index is 1.39. The average molecular weight is 601 g/mol. The normalized spacial score (nSPS) is 14.9. The number of ether oxygens (including phenoxy) is 1. The number of halogens is 1. The Hall–Kier alpha value is -4.49. The van der Waals surface area contributed by atoms with Crippen molar-refractivity contribution in [1.29, 1.82) is 5.26 Å². The van der Waals surface area contributed by atoms with Gasteiger partial charge in [-0.25, -0.2) is 14.2 Å². The van der Waals surface area contributed by atoms with E-state index in [2.05, 4.69) is 26.9 Å². The molecule has 10 heteroatoms. The van der Waals surface area contributed by atoms with E-state index in [1.54, 1.807) is 30.3 Å². The van der Waals surface area contributed by atoms with Gasteiger partial charge in [0.25, 0.3) is 5.91 Å². The molecule has 232 valence electrons. The zero-order valence-corrected chi connectivity index (χ0v) is 25.7. The number of hydrogen-bond donors (Lipinski definition) is 3. The molecule has 44 heavy (non-hydrogen) atoms. The number of nitrogens with zero attached hydrogens (tertiary/aromatic N) is 3. The summed E-state index contributed by atoms with van der Waals surface area (Å²) in [5.74, 6) is -0.138. The fraction of sp³-hybridized carbons (Fsp3) is 0.412. The Morgan fingerprint density at radius 1 is 1.09 bits per heavy atom. The van der Waals surface area contributed by atoms with Crippen LogP contribution in [0, 0.1) is 17.1 Å². The molecule has 0 bridgehead atoms. The standard InChI is InChI=1S/C34H41FN6O3/c1-34(2,3)44-33(43)38-17-8-20-41-19-7-12-27(41)23-39-32(42)29-14-15-30(28-13-5-4-10-25(28)22-36)40-31(29)37-18-16-24-9-6-11-26(35)21-24/h4-6,9-11,13-15,21,27H,7-8,12,16-20,23H2,1-3H3,(H,37,40)(H,38,43)(H,39,42)/t27-/m1/s1. The second kappa shape index (κ2) is 15.3. The molecule has 0 spiro atoms. The quantitative estimate of drug-likeness (QED) is 0.234. The number of anilines is 1. The molecule has 9 nitrogen and oxygen atoms in total. The highest BCUT2D eigenvalue weighted by Crippen LogP contribution is 2.25. The molecule has 0 saturated carbocycles. The minimum atomic E-state index is -0.532. The van der Waals surface area contributed by atoms with Crippen molar-refractivity contribution in [2.45, 2.75) is 58.1 Å². The van der Waals surface area contributed by atoms with Crippen molar-refractivity contribution in [3.63, 3.8) is 0 Å². The molecular formula is C34H41FN6O3. The summed E-state index contributed by atoms with van der Waals surface area (Å²) in [4.78, 5) is 32.5. The fourth-order valence-electron chi connectivity index (χ4n) is 5.26. The topological polar surface area (TPSA) is 119 Å². The van der Waals surface area contributed by atoms with Gasteiger partial charge in [-0.15, -0.1) is 0 Å². The number of benzene rings is 2. The molecule has 3 aromatic rings. The van der Waals surface area contributed by atoms with E-state index in [0.29, 0.717) is 54.3 Å². The molecule has 1 aromatic heterocycles. The lowest BCUT2D eigenvalue weighted by molar-refractivity contribution is 0.0525. The molecule has 0 unspecified atom stereocenters. The molecule has 1 saturated heterocycles. The largest absolute Gasteiger partial charge is 0.444 e. The van der Waals surface area contributed by atoms with Gasteiger partial charge in [0.2, 0.25) is 0 Å². The van der Waals surface area contributed by atoms with Crippen LogP contribution in [0.4, 0.5) is 15.0 Å². The van der Waals surface area contributed by atoms with Gasteiger partial charge in [0.05, 0.1) is 22.9 Å². The summed E-state index contributed by atoms with van der Waals surface area (Å²) in [6, 6.07) is 19.5. The molecule has 0 radical (unpaired) electrons. The van der Waals surface area contributed by atoms with Gasteiger partial charge in [0.15, 0.2) is 0 Å². The highest BCUT2D eigenvalue weighted by Gasteiger charge is 2.25. The van der Waals surface area contributed by atoms with Gasteiger partial charge >= 0.3 is 6.09 Å². The third kappa shape index (κ3) is 9.51. The molecule has 1 atom stereocenters. The van der Waals surface area contributed by atoms with Crippen molar-refractivity contribution in [3.05, 3.63) is 83.2 Å². The first-order valence-electron chi connectivity index (χ1n) is 15.1. The van der Waals surface area contributed by atoms with Crippen LogP contribution in [0.15, 0.2) is 60.7 Å². The van der Waals surface area contributed by atoms with Crippen LogP contribution in [0.2, 0.25) is 0 Å². The predicted octanol–water partition coefficient (Wildman–Crippen LogP) is 5.52. The summed E-state index contributed by atoms with van der Waals surface area (Å²) in [5, 5.41) is 18.8. The molecule has 2 amide bonds. The Bertz CT molecular complexity index is 1480. The number of likely N-dealkylation sites (tertiary alicyclic amines) is 1. The van der Waals surface area contributed by atoms with Crippen LogP contribution in [-0.2, 0) is 11.2 Å². The lowest BCUT2D eigenvalue weighted by Gasteiger charge is -2.25. The van der Waals surface area contributed by atoms with Crippen molar-refractivity contribution in [2.75, 3.05) is 38.0 Å².